The van der Waals surface area contributed by atoms with Crippen LogP contribution >= 0.6 is 0 Å². The molecule has 0 radical (unpaired) electrons. The molecule has 0 unspecified atom stereocenters. The van der Waals surface area contributed by atoms with E-state index in [9.17, 15) is 22.8 Å². The molecule has 1 heterocycles. The molecule has 1 rings (SSSR count). The van der Waals surface area contributed by atoms with Gasteiger partial charge < -0.3 is 10.6 Å². The van der Waals surface area contributed by atoms with Gasteiger partial charge in [-0.25, -0.2) is 19.4 Å². The van der Waals surface area contributed by atoms with Gasteiger partial charge in [-0.3, -0.25) is 0 Å². The van der Waals surface area contributed by atoms with Crippen LogP contribution in [0.2, 0.25) is 0 Å². The number of hydrogen-bond acceptors (Lipinski definition) is 6. The molecule has 0 bridgehead atoms. The van der Waals surface area contributed by atoms with Gasteiger partial charge in [0.05, 0.1) is 0 Å². The van der Waals surface area contributed by atoms with Crippen LogP contribution in [0.3, 0.4) is 0 Å². The van der Waals surface area contributed by atoms with E-state index in [2.05, 4.69) is 14.7 Å². The number of hydrogen-bond donors (Lipinski definition) is 1. The van der Waals surface area contributed by atoms with Gasteiger partial charge in [0.25, 0.3) is 0 Å². The molecule has 9 heteroatoms. The van der Waals surface area contributed by atoms with Crippen LogP contribution < -0.4 is 5.73 Å². The van der Waals surface area contributed by atoms with Gasteiger partial charge >= 0.3 is 18.1 Å². The Hall–Kier alpha value is -1.35. The summed E-state index contributed by atoms with van der Waals surface area (Å²) >= 11 is 0. The second-order valence-corrected chi connectivity index (χ2v) is 4.57. The fourth-order valence-corrected chi connectivity index (χ4v) is 1.85. The molecular formula is C11H17F3N2O4. The minimum atomic E-state index is -5.21. The topological polar surface area (TPSA) is 81.9 Å². The van der Waals surface area contributed by atoms with Crippen LogP contribution in [-0.2, 0) is 19.4 Å². The largest absolute Gasteiger partial charge is 0.495 e. The van der Waals surface area contributed by atoms with Gasteiger partial charge in [-0.2, -0.15) is 13.2 Å². The van der Waals surface area contributed by atoms with Crippen molar-refractivity contribution in [3.63, 3.8) is 0 Å². The Labute approximate surface area is 113 Å². The predicted octanol–water partition coefficient (Wildman–Crippen LogP) is 0.753. The first kappa shape index (κ1) is 16.7. The Morgan fingerprint density at radius 1 is 1.20 bits per heavy atom. The summed E-state index contributed by atoms with van der Waals surface area (Å²) in [7, 11) is 0. The third kappa shape index (κ3) is 5.74. The molecule has 1 saturated heterocycles. The highest BCUT2D eigenvalue weighted by Gasteiger charge is 2.43. The summed E-state index contributed by atoms with van der Waals surface area (Å²) in [4.78, 5) is 30.8. The minimum Gasteiger partial charge on any atom is -0.318 e. The number of halogens is 3. The quantitative estimate of drug-likeness (QED) is 0.596. The maximum absolute atomic E-state index is 11.8. The summed E-state index contributed by atoms with van der Waals surface area (Å²) in [5.41, 5.74) is 5.43. The highest BCUT2D eigenvalue weighted by atomic mass is 19.4. The summed E-state index contributed by atoms with van der Waals surface area (Å²) in [6.07, 6.45) is -2.06. The fraction of sp³-hybridized carbons (Fsp3) is 0.818. The molecule has 0 aromatic rings. The molecule has 6 nitrogen and oxygen atoms in total. The summed E-state index contributed by atoms with van der Waals surface area (Å²) in [6, 6.07) is -1.11. The van der Waals surface area contributed by atoms with Crippen molar-refractivity contribution < 1.29 is 32.5 Å². The second-order valence-electron chi connectivity index (χ2n) is 4.57. The van der Waals surface area contributed by atoms with E-state index in [1.54, 1.807) is 0 Å². The van der Waals surface area contributed by atoms with E-state index >= 15 is 0 Å². The summed E-state index contributed by atoms with van der Waals surface area (Å²) in [6.45, 7) is 2.77. The molecule has 20 heavy (non-hydrogen) atoms. The van der Waals surface area contributed by atoms with Crippen molar-refractivity contribution in [1.82, 2.24) is 4.90 Å². The van der Waals surface area contributed by atoms with E-state index in [0.717, 1.165) is 32.5 Å². The van der Waals surface area contributed by atoms with Crippen molar-refractivity contribution in [2.75, 3.05) is 19.6 Å². The fourth-order valence-electron chi connectivity index (χ4n) is 1.85. The van der Waals surface area contributed by atoms with Crippen molar-refractivity contribution in [3.05, 3.63) is 0 Å². The van der Waals surface area contributed by atoms with E-state index in [1.807, 2.05) is 0 Å². The Morgan fingerprint density at radius 3 is 2.35 bits per heavy atom. The van der Waals surface area contributed by atoms with Crippen LogP contribution in [0.25, 0.3) is 0 Å². The van der Waals surface area contributed by atoms with Gasteiger partial charge in [0, 0.05) is 0 Å². The van der Waals surface area contributed by atoms with E-state index in [1.165, 1.54) is 0 Å². The van der Waals surface area contributed by atoms with Gasteiger partial charge in [-0.15, -0.1) is 0 Å². The summed E-state index contributed by atoms with van der Waals surface area (Å²) in [5.74, 6) is -3.78. The molecule has 0 saturated carbocycles. The normalized spacial score (nSPS) is 17.8. The number of carbonyl (C=O) groups is 2. The SMILES string of the molecule is N[C@@H](CCCN1CCCC1)C(=O)OOC(=O)C(F)(F)F. The first-order valence-corrected chi connectivity index (χ1v) is 6.28. The van der Waals surface area contributed by atoms with Crippen LogP contribution in [0, 0.1) is 0 Å². The van der Waals surface area contributed by atoms with Crippen molar-refractivity contribution in [2.24, 2.45) is 5.73 Å². The van der Waals surface area contributed by atoms with E-state index in [4.69, 9.17) is 5.73 Å². The number of alkyl halides is 3. The lowest BCUT2D eigenvalue weighted by atomic mass is 10.1. The monoisotopic (exact) mass is 298 g/mol. The van der Waals surface area contributed by atoms with Gasteiger partial charge in [0.15, 0.2) is 0 Å². The molecule has 1 fully saturated rings. The molecule has 0 aliphatic carbocycles. The summed E-state index contributed by atoms with van der Waals surface area (Å²) in [5, 5.41) is 0. The Balaban J connectivity index is 2.16. The molecule has 0 aromatic carbocycles. The van der Waals surface area contributed by atoms with Crippen LogP contribution in [0.4, 0.5) is 13.2 Å². The first-order chi connectivity index (χ1) is 9.30. The maximum Gasteiger partial charge on any atom is 0.495 e. The van der Waals surface area contributed by atoms with Crippen LogP contribution in [0.15, 0.2) is 0 Å². The molecule has 1 aliphatic heterocycles. The molecule has 2 N–H and O–H groups in total. The second kappa shape index (κ2) is 7.44. The summed E-state index contributed by atoms with van der Waals surface area (Å²) < 4.78 is 35.3. The maximum atomic E-state index is 11.8. The number of carbonyl (C=O) groups excluding carboxylic acids is 2. The van der Waals surface area contributed by atoms with Crippen molar-refractivity contribution in [3.8, 4) is 0 Å². The van der Waals surface area contributed by atoms with E-state index in [-0.39, 0.29) is 6.42 Å². The van der Waals surface area contributed by atoms with Crippen molar-refractivity contribution in [2.45, 2.75) is 37.9 Å². The Bertz CT molecular complexity index is 343. The predicted molar refractivity (Wildman–Crippen MR) is 61.1 cm³/mol. The molecular weight excluding hydrogens is 281 g/mol. The molecule has 1 aliphatic rings. The smallest absolute Gasteiger partial charge is 0.318 e. The third-order valence-corrected chi connectivity index (χ3v) is 2.92. The number of nitrogens with two attached hydrogens (primary N) is 1. The lowest BCUT2D eigenvalue weighted by Crippen LogP contribution is -2.35. The van der Waals surface area contributed by atoms with Crippen LogP contribution in [0.5, 0.6) is 0 Å². The van der Waals surface area contributed by atoms with E-state index < -0.39 is 24.2 Å². The van der Waals surface area contributed by atoms with E-state index in [0.29, 0.717) is 6.42 Å². The zero-order chi connectivity index (χ0) is 15.2. The first-order valence-electron chi connectivity index (χ1n) is 6.28. The van der Waals surface area contributed by atoms with Crippen LogP contribution in [0.1, 0.15) is 25.7 Å². The van der Waals surface area contributed by atoms with Crippen molar-refractivity contribution >= 4 is 11.9 Å². The average molecular weight is 298 g/mol. The molecule has 0 aromatic heterocycles. The van der Waals surface area contributed by atoms with Gasteiger partial charge in [0.1, 0.15) is 6.04 Å². The van der Waals surface area contributed by atoms with Gasteiger partial charge in [-0.1, -0.05) is 0 Å². The molecule has 116 valence electrons. The zero-order valence-electron chi connectivity index (χ0n) is 10.8. The van der Waals surface area contributed by atoms with Gasteiger partial charge in [0.2, 0.25) is 0 Å². The molecule has 0 amide bonds. The number of rotatable bonds is 5. The third-order valence-electron chi connectivity index (χ3n) is 2.92. The average Bonchev–Trinajstić information content (AvgIpc) is 2.87. The highest BCUT2D eigenvalue weighted by molar-refractivity contribution is 5.78. The van der Waals surface area contributed by atoms with Crippen molar-refractivity contribution in [1.29, 1.82) is 0 Å². The zero-order valence-corrected chi connectivity index (χ0v) is 10.8. The molecule has 1 atom stereocenters. The molecule has 0 spiro atoms. The number of likely N-dealkylation sites (tertiary alicyclic amines) is 1. The highest BCUT2D eigenvalue weighted by Crippen LogP contribution is 2.16. The van der Waals surface area contributed by atoms with Crippen LogP contribution in [-0.4, -0.2) is 48.7 Å². The Morgan fingerprint density at radius 2 is 1.80 bits per heavy atom. The number of nitrogens with zero attached hydrogens (tertiary/aromatic N) is 1. The standard InChI is InChI=1S/C11H17F3N2O4/c12-11(13,14)10(18)20-19-9(17)8(15)4-3-7-16-5-1-2-6-16/h8H,1-7,15H2/t8-/m0/s1. The lowest BCUT2D eigenvalue weighted by molar-refractivity contribution is -0.286. The lowest BCUT2D eigenvalue weighted by Gasteiger charge is -2.15. The Kier molecular flexibility index (Phi) is 6.21. The van der Waals surface area contributed by atoms with Gasteiger partial charge in [-0.05, 0) is 45.3 Å². The minimum absolute atomic E-state index is 0.249.